The second-order valence-corrected chi connectivity index (χ2v) is 8.89. The van der Waals surface area contributed by atoms with E-state index in [0.717, 1.165) is 30.4 Å². The fraction of sp³-hybridized carbons (Fsp3) is 0.562. The zero-order chi connectivity index (χ0) is 17.6. The maximum absolute atomic E-state index is 11.7. The first-order valence-electron chi connectivity index (χ1n) is 8.09. The molecule has 1 aromatic rings. The van der Waals surface area contributed by atoms with E-state index in [1.165, 1.54) is 13.5 Å². The van der Waals surface area contributed by atoms with Crippen molar-refractivity contribution in [3.05, 3.63) is 29.8 Å². The summed E-state index contributed by atoms with van der Waals surface area (Å²) in [4.78, 5) is 6.95. The predicted octanol–water partition coefficient (Wildman–Crippen LogP) is 2.12. The van der Waals surface area contributed by atoms with Crippen molar-refractivity contribution in [2.45, 2.75) is 30.0 Å². The molecule has 6 nitrogen and oxygen atoms in total. The van der Waals surface area contributed by atoms with Crippen LogP contribution in [-0.2, 0) is 16.6 Å². The number of benzene rings is 1. The molecule has 142 valence electrons. The second kappa shape index (κ2) is 10.6. The van der Waals surface area contributed by atoms with E-state index < -0.39 is 10.0 Å². The molecular formula is C16H27IN4O2S2. The van der Waals surface area contributed by atoms with Gasteiger partial charge in [-0.25, -0.2) is 13.1 Å². The third kappa shape index (κ3) is 6.30. The van der Waals surface area contributed by atoms with E-state index in [2.05, 4.69) is 26.9 Å². The summed E-state index contributed by atoms with van der Waals surface area (Å²) < 4.78 is 25.8. The average Bonchev–Trinajstić information content (AvgIpc) is 2.63. The van der Waals surface area contributed by atoms with Crippen molar-refractivity contribution in [3.63, 3.8) is 0 Å². The van der Waals surface area contributed by atoms with Crippen LogP contribution in [0.15, 0.2) is 34.2 Å². The van der Waals surface area contributed by atoms with Gasteiger partial charge in [0, 0.05) is 37.7 Å². The van der Waals surface area contributed by atoms with Crippen LogP contribution in [-0.4, -0.2) is 57.5 Å². The van der Waals surface area contributed by atoms with Crippen LogP contribution in [0.25, 0.3) is 0 Å². The molecule has 2 rings (SSSR count). The minimum atomic E-state index is -3.38. The molecule has 0 aromatic heterocycles. The molecule has 1 heterocycles. The molecular weight excluding hydrogens is 471 g/mol. The van der Waals surface area contributed by atoms with E-state index in [-0.39, 0.29) is 28.9 Å². The van der Waals surface area contributed by atoms with Crippen LogP contribution in [0.1, 0.15) is 18.9 Å². The average molecular weight is 498 g/mol. The number of thioether (sulfide) groups is 1. The number of sulfonamides is 1. The molecule has 1 saturated heterocycles. The molecule has 0 amide bonds. The fourth-order valence-electron chi connectivity index (χ4n) is 2.58. The van der Waals surface area contributed by atoms with Crippen molar-refractivity contribution >= 4 is 51.7 Å². The van der Waals surface area contributed by atoms with Gasteiger partial charge in [-0.15, -0.1) is 24.0 Å². The Hall–Kier alpha value is -0.520. The van der Waals surface area contributed by atoms with Gasteiger partial charge in [-0.1, -0.05) is 19.1 Å². The van der Waals surface area contributed by atoms with Gasteiger partial charge in [-0.05, 0) is 31.2 Å². The lowest BCUT2D eigenvalue weighted by molar-refractivity contribution is 0.408. The number of hydrogen-bond donors (Lipinski definition) is 2. The van der Waals surface area contributed by atoms with E-state index in [4.69, 9.17) is 0 Å². The van der Waals surface area contributed by atoms with Crippen LogP contribution in [0.4, 0.5) is 0 Å². The van der Waals surface area contributed by atoms with Gasteiger partial charge in [-0.2, -0.15) is 11.8 Å². The maximum Gasteiger partial charge on any atom is 0.240 e. The number of aliphatic imine (C=N–C) groups is 1. The highest BCUT2D eigenvalue weighted by atomic mass is 127. The summed E-state index contributed by atoms with van der Waals surface area (Å²) in [5, 5.41) is 4.03. The van der Waals surface area contributed by atoms with Gasteiger partial charge in [0.15, 0.2) is 5.96 Å². The molecule has 1 unspecified atom stereocenters. The Morgan fingerprint density at radius 1 is 1.36 bits per heavy atom. The molecule has 0 spiro atoms. The van der Waals surface area contributed by atoms with E-state index in [1.807, 2.05) is 23.9 Å². The molecule has 9 heteroatoms. The van der Waals surface area contributed by atoms with Crippen molar-refractivity contribution in [2.75, 3.05) is 32.9 Å². The molecule has 25 heavy (non-hydrogen) atoms. The summed E-state index contributed by atoms with van der Waals surface area (Å²) in [5.41, 5.74) is 1.02. The standard InChI is InChI=1S/C16H26N4O2S2.HI/c1-4-14-12-20(9-10-23-14)16(17-2)19-11-13-5-7-15(8-6-13)24(21,22)18-3;/h5-8,14,18H,4,9-12H2,1-3H3,(H,17,19);1H. The normalized spacial score (nSPS) is 18.6. The molecule has 2 N–H and O–H groups in total. The first-order valence-corrected chi connectivity index (χ1v) is 10.6. The Morgan fingerprint density at radius 2 is 2.04 bits per heavy atom. The van der Waals surface area contributed by atoms with Gasteiger partial charge in [0.25, 0.3) is 0 Å². The third-order valence-corrected chi connectivity index (χ3v) is 6.86. The highest BCUT2D eigenvalue weighted by Crippen LogP contribution is 2.21. The number of halogens is 1. The van der Waals surface area contributed by atoms with Gasteiger partial charge >= 0.3 is 0 Å². The molecule has 1 aliphatic rings. The molecule has 0 aliphatic carbocycles. The Kier molecular flexibility index (Phi) is 9.54. The van der Waals surface area contributed by atoms with Crippen molar-refractivity contribution < 1.29 is 8.42 Å². The minimum absolute atomic E-state index is 0. The first kappa shape index (κ1) is 22.5. The zero-order valence-electron chi connectivity index (χ0n) is 14.9. The summed E-state index contributed by atoms with van der Waals surface area (Å²) >= 11 is 2.03. The molecule has 1 atom stereocenters. The smallest absolute Gasteiger partial charge is 0.240 e. The highest BCUT2D eigenvalue weighted by molar-refractivity contribution is 14.0. The second-order valence-electron chi connectivity index (χ2n) is 5.60. The summed E-state index contributed by atoms with van der Waals surface area (Å²) in [6, 6.07) is 6.89. The Bertz CT molecular complexity index is 665. The van der Waals surface area contributed by atoms with Crippen LogP contribution in [0.3, 0.4) is 0 Å². The predicted molar refractivity (Wildman–Crippen MR) is 116 cm³/mol. The highest BCUT2D eigenvalue weighted by Gasteiger charge is 2.21. The number of rotatable bonds is 5. The first-order chi connectivity index (χ1) is 11.5. The lowest BCUT2D eigenvalue weighted by atomic mass is 10.2. The van der Waals surface area contributed by atoms with Gasteiger partial charge in [-0.3, -0.25) is 4.99 Å². The van der Waals surface area contributed by atoms with Crippen LogP contribution in [0, 0.1) is 0 Å². The monoisotopic (exact) mass is 498 g/mol. The molecule has 1 aromatic carbocycles. The molecule has 0 saturated carbocycles. The Balaban J connectivity index is 0.00000312. The zero-order valence-corrected chi connectivity index (χ0v) is 18.8. The molecule has 1 aliphatic heterocycles. The SMILES string of the molecule is CCC1CN(C(=NC)NCc2ccc(S(=O)(=O)NC)cc2)CCS1.I. The summed E-state index contributed by atoms with van der Waals surface area (Å²) in [7, 11) is -0.171. The van der Waals surface area contributed by atoms with Gasteiger partial charge < -0.3 is 10.2 Å². The molecule has 0 radical (unpaired) electrons. The largest absolute Gasteiger partial charge is 0.352 e. The van der Waals surface area contributed by atoms with Crippen molar-refractivity contribution in [1.82, 2.24) is 14.9 Å². The van der Waals surface area contributed by atoms with Gasteiger partial charge in [0.2, 0.25) is 10.0 Å². The maximum atomic E-state index is 11.7. The van der Waals surface area contributed by atoms with Gasteiger partial charge in [0.1, 0.15) is 0 Å². The lowest BCUT2D eigenvalue weighted by Crippen LogP contribution is -2.47. The van der Waals surface area contributed by atoms with E-state index in [9.17, 15) is 8.42 Å². The Labute approximate surface area is 172 Å². The van der Waals surface area contributed by atoms with E-state index >= 15 is 0 Å². The summed E-state index contributed by atoms with van der Waals surface area (Å²) in [5.74, 6) is 2.02. The molecule has 0 bridgehead atoms. The summed E-state index contributed by atoms with van der Waals surface area (Å²) in [6.07, 6.45) is 1.17. The number of guanidine groups is 1. The van der Waals surface area contributed by atoms with Crippen molar-refractivity contribution in [3.8, 4) is 0 Å². The topological polar surface area (TPSA) is 73.8 Å². The lowest BCUT2D eigenvalue weighted by Gasteiger charge is -2.34. The van der Waals surface area contributed by atoms with Crippen LogP contribution >= 0.6 is 35.7 Å². The fourth-order valence-corrected chi connectivity index (χ4v) is 4.49. The minimum Gasteiger partial charge on any atom is -0.352 e. The quantitative estimate of drug-likeness (QED) is 0.370. The number of nitrogens with one attached hydrogen (secondary N) is 2. The van der Waals surface area contributed by atoms with Crippen molar-refractivity contribution in [2.24, 2.45) is 4.99 Å². The summed E-state index contributed by atoms with van der Waals surface area (Å²) in [6.45, 7) is 4.85. The van der Waals surface area contributed by atoms with Crippen molar-refractivity contribution in [1.29, 1.82) is 0 Å². The van der Waals surface area contributed by atoms with Crippen LogP contribution in [0.5, 0.6) is 0 Å². The van der Waals surface area contributed by atoms with Gasteiger partial charge in [0.05, 0.1) is 4.90 Å². The van der Waals surface area contributed by atoms with E-state index in [0.29, 0.717) is 11.8 Å². The number of nitrogens with zero attached hydrogens (tertiary/aromatic N) is 2. The number of hydrogen-bond acceptors (Lipinski definition) is 4. The van der Waals surface area contributed by atoms with Crippen LogP contribution in [0.2, 0.25) is 0 Å². The molecule has 1 fully saturated rings. The Morgan fingerprint density at radius 3 is 2.60 bits per heavy atom. The van der Waals surface area contributed by atoms with Crippen LogP contribution < -0.4 is 10.0 Å². The third-order valence-electron chi connectivity index (χ3n) is 4.06. The van der Waals surface area contributed by atoms with E-state index in [1.54, 1.807) is 19.2 Å².